The zero-order chi connectivity index (χ0) is 16.8. The highest BCUT2D eigenvalue weighted by molar-refractivity contribution is 5.98. The van der Waals surface area contributed by atoms with Crippen molar-refractivity contribution in [3.8, 4) is 0 Å². The zero-order valence-corrected chi connectivity index (χ0v) is 14.2. The summed E-state index contributed by atoms with van der Waals surface area (Å²) in [6, 6.07) is 5.75. The Balaban J connectivity index is 2.24. The Morgan fingerprint density at radius 1 is 1.35 bits per heavy atom. The van der Waals surface area contributed by atoms with Crippen molar-refractivity contribution in [1.29, 1.82) is 0 Å². The minimum Gasteiger partial charge on any atom is -0.465 e. The highest BCUT2D eigenvalue weighted by Gasteiger charge is 2.24. The lowest BCUT2D eigenvalue weighted by molar-refractivity contribution is -0.143. The van der Waals surface area contributed by atoms with Gasteiger partial charge in [0.05, 0.1) is 6.61 Å². The van der Waals surface area contributed by atoms with Gasteiger partial charge in [-0.2, -0.15) is 0 Å². The molecule has 0 spiro atoms. The average Bonchev–Trinajstić information content (AvgIpc) is 2.53. The van der Waals surface area contributed by atoms with Gasteiger partial charge in [-0.1, -0.05) is 19.9 Å². The monoisotopic (exact) mass is 318 g/mol. The van der Waals surface area contributed by atoms with E-state index < -0.39 is 0 Å². The van der Waals surface area contributed by atoms with Crippen molar-refractivity contribution in [1.82, 2.24) is 4.90 Å². The molecule has 0 bridgehead atoms. The maximum atomic E-state index is 13.0. The van der Waals surface area contributed by atoms with Gasteiger partial charge in [0.25, 0.3) is 5.91 Å². The molecule has 0 aromatic heterocycles. The Bertz CT molecular complexity index is 569. The van der Waals surface area contributed by atoms with Gasteiger partial charge in [0.2, 0.25) is 0 Å². The smallest absolute Gasteiger partial charge is 0.325 e. The minimum absolute atomic E-state index is 0.00193. The van der Waals surface area contributed by atoms with E-state index in [1.54, 1.807) is 11.8 Å². The predicted molar refractivity (Wildman–Crippen MR) is 90.6 cm³/mol. The summed E-state index contributed by atoms with van der Waals surface area (Å²) in [7, 11) is 0. The van der Waals surface area contributed by atoms with Crippen molar-refractivity contribution in [2.24, 2.45) is 5.92 Å². The van der Waals surface area contributed by atoms with Crippen LogP contribution >= 0.6 is 0 Å². The maximum Gasteiger partial charge on any atom is 0.325 e. The molecule has 0 atom stereocenters. The van der Waals surface area contributed by atoms with Crippen LogP contribution in [0.2, 0.25) is 0 Å². The van der Waals surface area contributed by atoms with Crippen LogP contribution in [0, 0.1) is 5.92 Å². The number of esters is 1. The molecule has 1 aliphatic rings. The third-order valence-electron chi connectivity index (χ3n) is 3.82. The second kappa shape index (κ2) is 7.99. The number of anilines is 1. The van der Waals surface area contributed by atoms with Crippen molar-refractivity contribution in [3.05, 3.63) is 29.3 Å². The summed E-state index contributed by atoms with van der Waals surface area (Å²) in [5.41, 5.74) is 2.78. The molecule has 0 radical (unpaired) electrons. The molecule has 1 aliphatic heterocycles. The highest BCUT2D eigenvalue weighted by Crippen LogP contribution is 2.26. The molecular formula is C18H26N2O3. The summed E-state index contributed by atoms with van der Waals surface area (Å²) < 4.78 is 5.01. The van der Waals surface area contributed by atoms with Crippen molar-refractivity contribution < 1.29 is 14.3 Å². The fourth-order valence-electron chi connectivity index (χ4n) is 2.90. The molecule has 5 nitrogen and oxygen atoms in total. The predicted octanol–water partition coefficient (Wildman–Crippen LogP) is 2.71. The summed E-state index contributed by atoms with van der Waals surface area (Å²) in [6.07, 6.45) is 1.90. The SMILES string of the molecule is CCOC(=O)CN(CC(C)C)C(=O)c1cccc2c1CCCN2. The van der Waals surface area contributed by atoms with Crippen molar-refractivity contribution in [3.63, 3.8) is 0 Å². The van der Waals surface area contributed by atoms with E-state index in [1.165, 1.54) is 0 Å². The number of fused-ring (bicyclic) bond motifs is 1. The van der Waals surface area contributed by atoms with Gasteiger partial charge in [-0.25, -0.2) is 0 Å². The first-order chi connectivity index (χ1) is 11.0. The molecule has 1 heterocycles. The van der Waals surface area contributed by atoms with Crippen LogP contribution in [-0.2, 0) is 16.0 Å². The number of benzene rings is 1. The summed E-state index contributed by atoms with van der Waals surface area (Å²) in [5.74, 6) is -0.164. The van der Waals surface area contributed by atoms with E-state index in [1.807, 2.05) is 32.0 Å². The first-order valence-electron chi connectivity index (χ1n) is 8.33. The van der Waals surface area contributed by atoms with Gasteiger partial charge in [0, 0.05) is 24.3 Å². The van der Waals surface area contributed by atoms with E-state index in [-0.39, 0.29) is 24.3 Å². The van der Waals surface area contributed by atoms with Crippen LogP contribution in [0.25, 0.3) is 0 Å². The summed E-state index contributed by atoms with van der Waals surface area (Å²) in [6.45, 7) is 7.64. The number of nitrogens with zero attached hydrogens (tertiary/aromatic N) is 1. The van der Waals surface area contributed by atoms with Crippen LogP contribution in [0.15, 0.2) is 18.2 Å². The summed E-state index contributed by atoms with van der Waals surface area (Å²) in [4.78, 5) is 26.4. The summed E-state index contributed by atoms with van der Waals surface area (Å²) >= 11 is 0. The largest absolute Gasteiger partial charge is 0.465 e. The zero-order valence-electron chi connectivity index (χ0n) is 14.2. The van der Waals surface area contributed by atoms with Crippen LogP contribution in [-0.4, -0.2) is 43.0 Å². The van der Waals surface area contributed by atoms with Gasteiger partial charge in [0.15, 0.2) is 0 Å². The van der Waals surface area contributed by atoms with Gasteiger partial charge in [-0.15, -0.1) is 0 Å². The molecule has 5 heteroatoms. The Kier molecular flexibility index (Phi) is 6.02. The second-order valence-electron chi connectivity index (χ2n) is 6.25. The van der Waals surface area contributed by atoms with Crippen LogP contribution in [0.1, 0.15) is 43.1 Å². The number of ether oxygens (including phenoxy) is 1. The number of carbonyl (C=O) groups excluding carboxylic acids is 2. The number of nitrogens with one attached hydrogen (secondary N) is 1. The average molecular weight is 318 g/mol. The molecule has 126 valence electrons. The Labute approximate surface area is 138 Å². The van der Waals surface area contributed by atoms with E-state index in [0.717, 1.165) is 30.6 Å². The van der Waals surface area contributed by atoms with E-state index in [4.69, 9.17) is 4.74 Å². The van der Waals surface area contributed by atoms with Gasteiger partial charge in [-0.3, -0.25) is 9.59 Å². The Hall–Kier alpha value is -2.04. The number of carbonyl (C=O) groups is 2. The van der Waals surface area contributed by atoms with Gasteiger partial charge >= 0.3 is 5.97 Å². The fourth-order valence-corrected chi connectivity index (χ4v) is 2.90. The lowest BCUT2D eigenvalue weighted by Crippen LogP contribution is -2.39. The van der Waals surface area contributed by atoms with Crippen molar-refractivity contribution >= 4 is 17.6 Å². The van der Waals surface area contributed by atoms with E-state index >= 15 is 0 Å². The third-order valence-corrected chi connectivity index (χ3v) is 3.82. The third kappa shape index (κ3) is 4.47. The minimum atomic E-state index is -0.357. The van der Waals surface area contributed by atoms with Crippen LogP contribution in [0.5, 0.6) is 0 Å². The van der Waals surface area contributed by atoms with E-state index in [0.29, 0.717) is 18.7 Å². The first kappa shape index (κ1) is 17.3. The molecule has 1 amide bonds. The maximum absolute atomic E-state index is 13.0. The number of hydrogen-bond donors (Lipinski definition) is 1. The molecular weight excluding hydrogens is 292 g/mol. The molecule has 1 N–H and O–H groups in total. The van der Waals surface area contributed by atoms with Crippen molar-refractivity contribution in [2.45, 2.75) is 33.6 Å². The molecule has 1 aromatic carbocycles. The molecule has 0 aliphatic carbocycles. The topological polar surface area (TPSA) is 58.6 Å². The van der Waals surface area contributed by atoms with Gasteiger partial charge in [0.1, 0.15) is 6.54 Å². The molecule has 0 saturated carbocycles. The van der Waals surface area contributed by atoms with Gasteiger partial charge in [-0.05, 0) is 43.4 Å². The highest BCUT2D eigenvalue weighted by atomic mass is 16.5. The quantitative estimate of drug-likeness (QED) is 0.819. The molecule has 0 saturated heterocycles. The number of amides is 1. The lowest BCUT2D eigenvalue weighted by atomic mass is 9.96. The Morgan fingerprint density at radius 2 is 2.13 bits per heavy atom. The second-order valence-corrected chi connectivity index (χ2v) is 6.25. The molecule has 0 fully saturated rings. The number of hydrogen-bond acceptors (Lipinski definition) is 4. The molecule has 0 unspecified atom stereocenters. The fraction of sp³-hybridized carbons (Fsp3) is 0.556. The van der Waals surface area contributed by atoms with Crippen LogP contribution < -0.4 is 5.32 Å². The van der Waals surface area contributed by atoms with E-state index in [9.17, 15) is 9.59 Å². The Morgan fingerprint density at radius 3 is 2.83 bits per heavy atom. The molecule has 1 aromatic rings. The molecule has 23 heavy (non-hydrogen) atoms. The molecule has 2 rings (SSSR count). The van der Waals surface area contributed by atoms with E-state index in [2.05, 4.69) is 5.32 Å². The number of rotatable bonds is 6. The van der Waals surface area contributed by atoms with Gasteiger partial charge < -0.3 is 15.0 Å². The normalized spacial score (nSPS) is 13.2. The summed E-state index contributed by atoms with van der Waals surface area (Å²) in [5, 5.41) is 3.34. The first-order valence-corrected chi connectivity index (χ1v) is 8.33. The lowest BCUT2D eigenvalue weighted by Gasteiger charge is -2.27. The van der Waals surface area contributed by atoms with Crippen molar-refractivity contribution in [2.75, 3.05) is 31.6 Å². The van der Waals surface area contributed by atoms with Crippen LogP contribution in [0.4, 0.5) is 5.69 Å². The standard InChI is InChI=1S/C18H26N2O3/c1-4-23-17(21)12-20(11-13(2)3)18(22)15-7-5-9-16-14(15)8-6-10-19-16/h5,7,9,13,19H,4,6,8,10-12H2,1-3H3. The van der Waals surface area contributed by atoms with Crippen LogP contribution in [0.3, 0.4) is 0 Å².